The zero-order valence-corrected chi connectivity index (χ0v) is 19.5. The summed E-state index contributed by atoms with van der Waals surface area (Å²) in [7, 11) is 0. The highest BCUT2D eigenvalue weighted by Crippen LogP contribution is 2.31. The molecule has 1 N–H and O–H groups in total. The summed E-state index contributed by atoms with van der Waals surface area (Å²) in [6.45, 7) is 3.60. The fourth-order valence-corrected chi connectivity index (χ4v) is 4.93. The Morgan fingerprint density at radius 2 is 1.85 bits per heavy atom. The van der Waals surface area contributed by atoms with Gasteiger partial charge in [0.2, 0.25) is 0 Å². The Hall–Kier alpha value is -3.20. The maximum absolute atomic E-state index is 13.1. The third-order valence-corrected chi connectivity index (χ3v) is 6.66. The lowest BCUT2D eigenvalue weighted by molar-refractivity contribution is -0.0293. The zero-order chi connectivity index (χ0) is 23.2. The molecule has 8 heteroatoms. The molecule has 3 heterocycles. The number of aromatic nitrogens is 2. The summed E-state index contributed by atoms with van der Waals surface area (Å²) in [5.41, 5.74) is 2.82. The monoisotopic (exact) mass is 474 g/mol. The first-order valence-electron chi connectivity index (χ1n) is 11.3. The van der Waals surface area contributed by atoms with Crippen LogP contribution in [0.15, 0.2) is 82.6 Å². The number of ether oxygens (including phenoxy) is 1. The van der Waals surface area contributed by atoms with Crippen LogP contribution in [0.25, 0.3) is 11.0 Å². The number of morpholine rings is 1. The molecule has 1 fully saturated rings. The lowest BCUT2D eigenvalue weighted by Gasteiger charge is -2.33. The van der Waals surface area contributed by atoms with Crippen LogP contribution in [0.4, 0.5) is 0 Å². The standard InChI is InChI=1S/C26H26N4O3S/c31-25(29-15-20-17-30(13-14-32-20)16-19-7-2-1-3-8-19)24-22(18-34-26-27-11-6-12-28-26)21-9-4-5-10-23(21)33-24/h1-12,20H,13-18H2,(H,29,31). The topological polar surface area (TPSA) is 80.5 Å². The van der Waals surface area contributed by atoms with E-state index in [9.17, 15) is 4.79 Å². The minimum Gasteiger partial charge on any atom is -0.451 e. The number of para-hydroxylation sites is 1. The molecule has 4 aromatic rings. The van der Waals surface area contributed by atoms with Gasteiger partial charge in [0.05, 0.1) is 12.7 Å². The van der Waals surface area contributed by atoms with Crippen molar-refractivity contribution in [1.29, 1.82) is 0 Å². The molecule has 0 saturated carbocycles. The third kappa shape index (κ3) is 5.47. The molecular weight excluding hydrogens is 448 g/mol. The number of furan rings is 1. The van der Waals surface area contributed by atoms with E-state index in [1.165, 1.54) is 17.3 Å². The minimum atomic E-state index is -0.232. The van der Waals surface area contributed by atoms with Gasteiger partial charge in [-0.2, -0.15) is 0 Å². The van der Waals surface area contributed by atoms with Gasteiger partial charge in [-0.15, -0.1) is 0 Å². The summed E-state index contributed by atoms with van der Waals surface area (Å²) in [6.07, 6.45) is 3.35. The van der Waals surface area contributed by atoms with Gasteiger partial charge < -0.3 is 14.5 Å². The maximum Gasteiger partial charge on any atom is 0.287 e. The van der Waals surface area contributed by atoms with E-state index in [2.05, 4.69) is 44.5 Å². The van der Waals surface area contributed by atoms with Gasteiger partial charge >= 0.3 is 0 Å². The molecule has 2 aromatic heterocycles. The maximum atomic E-state index is 13.1. The van der Waals surface area contributed by atoms with E-state index in [0.717, 1.165) is 30.6 Å². The van der Waals surface area contributed by atoms with Crippen molar-refractivity contribution in [1.82, 2.24) is 20.2 Å². The second-order valence-electron chi connectivity index (χ2n) is 8.15. The van der Waals surface area contributed by atoms with Gasteiger partial charge in [0.15, 0.2) is 10.9 Å². The van der Waals surface area contributed by atoms with Crippen molar-refractivity contribution in [3.63, 3.8) is 0 Å². The largest absolute Gasteiger partial charge is 0.451 e. The summed E-state index contributed by atoms with van der Waals surface area (Å²) >= 11 is 1.48. The fourth-order valence-electron chi connectivity index (χ4n) is 4.10. The summed E-state index contributed by atoms with van der Waals surface area (Å²) in [4.78, 5) is 24.0. The van der Waals surface area contributed by atoms with Gasteiger partial charge in [-0.1, -0.05) is 60.3 Å². The Kier molecular flexibility index (Phi) is 7.19. The first-order valence-corrected chi connectivity index (χ1v) is 12.3. The number of amides is 1. The van der Waals surface area contributed by atoms with Crippen molar-refractivity contribution >= 4 is 28.6 Å². The molecule has 0 aliphatic carbocycles. The van der Waals surface area contributed by atoms with Gasteiger partial charge in [0, 0.05) is 55.3 Å². The normalized spacial score (nSPS) is 16.5. The molecule has 7 nitrogen and oxygen atoms in total. The van der Waals surface area contributed by atoms with Crippen molar-refractivity contribution < 1.29 is 13.9 Å². The molecule has 1 aliphatic rings. The van der Waals surface area contributed by atoms with Crippen LogP contribution in [0.3, 0.4) is 0 Å². The Balaban J connectivity index is 1.24. The summed E-state index contributed by atoms with van der Waals surface area (Å²) in [6, 6.07) is 19.9. The second-order valence-corrected chi connectivity index (χ2v) is 9.09. The van der Waals surface area contributed by atoms with Crippen LogP contribution in [0.2, 0.25) is 0 Å². The van der Waals surface area contributed by atoms with E-state index in [1.54, 1.807) is 18.5 Å². The molecule has 1 saturated heterocycles. The molecule has 1 atom stereocenters. The van der Waals surface area contributed by atoms with Crippen molar-refractivity contribution in [3.05, 3.63) is 89.9 Å². The van der Waals surface area contributed by atoms with Crippen LogP contribution in [0.5, 0.6) is 0 Å². The number of hydrogen-bond donors (Lipinski definition) is 1. The van der Waals surface area contributed by atoms with Gasteiger partial charge in [-0.3, -0.25) is 9.69 Å². The van der Waals surface area contributed by atoms with Crippen LogP contribution in [0, 0.1) is 0 Å². The van der Waals surface area contributed by atoms with E-state index in [-0.39, 0.29) is 12.0 Å². The number of carbonyl (C=O) groups excluding carboxylic acids is 1. The molecule has 174 valence electrons. The molecule has 0 spiro atoms. The van der Waals surface area contributed by atoms with E-state index >= 15 is 0 Å². The highest BCUT2D eigenvalue weighted by atomic mass is 32.2. The molecule has 1 amide bonds. The van der Waals surface area contributed by atoms with E-state index < -0.39 is 0 Å². The number of rotatable bonds is 8. The molecule has 0 radical (unpaired) electrons. The van der Waals surface area contributed by atoms with Crippen molar-refractivity contribution in [2.45, 2.75) is 23.6 Å². The molecular formula is C26H26N4O3S. The number of benzene rings is 2. The smallest absolute Gasteiger partial charge is 0.287 e. The molecule has 0 bridgehead atoms. The Labute approximate surface area is 202 Å². The molecule has 2 aromatic carbocycles. The Morgan fingerprint density at radius 1 is 1.06 bits per heavy atom. The number of nitrogens with zero attached hydrogens (tertiary/aromatic N) is 3. The number of carbonyl (C=O) groups is 1. The second kappa shape index (κ2) is 10.8. The number of nitrogens with one attached hydrogen (secondary N) is 1. The molecule has 1 aliphatic heterocycles. The van der Waals surface area contributed by atoms with Crippen LogP contribution in [0.1, 0.15) is 21.7 Å². The highest BCUT2D eigenvalue weighted by molar-refractivity contribution is 7.98. The predicted octanol–water partition coefficient (Wildman–Crippen LogP) is 4.15. The first kappa shape index (κ1) is 22.6. The van der Waals surface area contributed by atoms with Crippen molar-refractivity contribution in [2.24, 2.45) is 0 Å². The molecule has 1 unspecified atom stereocenters. The average Bonchev–Trinajstić information content (AvgIpc) is 3.26. The Morgan fingerprint density at radius 3 is 2.71 bits per heavy atom. The molecule has 5 rings (SSSR count). The fraction of sp³-hybridized carbons (Fsp3) is 0.269. The van der Waals surface area contributed by atoms with Gasteiger partial charge in [0.1, 0.15) is 5.58 Å². The van der Waals surface area contributed by atoms with Crippen LogP contribution >= 0.6 is 11.8 Å². The third-order valence-electron chi connectivity index (χ3n) is 5.75. The molecule has 34 heavy (non-hydrogen) atoms. The minimum absolute atomic E-state index is 0.0682. The van der Waals surface area contributed by atoms with Crippen LogP contribution in [-0.4, -0.2) is 53.1 Å². The zero-order valence-electron chi connectivity index (χ0n) is 18.7. The lowest BCUT2D eigenvalue weighted by atomic mass is 10.1. The quantitative estimate of drug-likeness (QED) is 0.304. The van der Waals surface area contributed by atoms with E-state index in [0.29, 0.717) is 35.4 Å². The lowest BCUT2D eigenvalue weighted by Crippen LogP contribution is -2.47. The van der Waals surface area contributed by atoms with Gasteiger partial charge in [-0.25, -0.2) is 9.97 Å². The summed E-state index contributed by atoms with van der Waals surface area (Å²) < 4.78 is 11.9. The Bertz CT molecular complexity index is 1230. The van der Waals surface area contributed by atoms with E-state index in [1.807, 2.05) is 30.3 Å². The number of thioether (sulfide) groups is 1. The number of hydrogen-bond acceptors (Lipinski definition) is 7. The predicted molar refractivity (Wildman–Crippen MR) is 132 cm³/mol. The van der Waals surface area contributed by atoms with E-state index in [4.69, 9.17) is 9.15 Å². The van der Waals surface area contributed by atoms with Crippen LogP contribution in [-0.2, 0) is 17.0 Å². The number of fused-ring (bicyclic) bond motifs is 1. The SMILES string of the molecule is O=C(NCC1CN(Cc2ccccc2)CCO1)c1oc2ccccc2c1CSc1ncccn1. The van der Waals surface area contributed by atoms with Crippen LogP contribution < -0.4 is 5.32 Å². The van der Waals surface area contributed by atoms with Gasteiger partial charge in [-0.05, 0) is 17.7 Å². The summed E-state index contributed by atoms with van der Waals surface area (Å²) in [5, 5.41) is 4.62. The first-order chi connectivity index (χ1) is 16.8. The summed E-state index contributed by atoms with van der Waals surface area (Å²) in [5.74, 6) is 0.639. The average molecular weight is 475 g/mol. The van der Waals surface area contributed by atoms with Crippen molar-refractivity contribution in [3.8, 4) is 0 Å². The van der Waals surface area contributed by atoms with Gasteiger partial charge in [0.25, 0.3) is 5.91 Å². The highest BCUT2D eigenvalue weighted by Gasteiger charge is 2.24. The van der Waals surface area contributed by atoms with Crippen molar-refractivity contribution in [2.75, 3.05) is 26.2 Å².